The van der Waals surface area contributed by atoms with Crippen molar-refractivity contribution in [3.05, 3.63) is 42.6 Å². The summed E-state index contributed by atoms with van der Waals surface area (Å²) in [4.78, 5) is 48.3. The van der Waals surface area contributed by atoms with Crippen LogP contribution in [0.1, 0.15) is 6.42 Å². The number of carbonyl (C=O) groups excluding carboxylic acids is 2. The second-order valence-electron chi connectivity index (χ2n) is 7.10. The van der Waals surface area contributed by atoms with Crippen LogP contribution in [0.25, 0.3) is 11.1 Å². The number of carbonyl (C=O) groups is 2. The maximum absolute atomic E-state index is 13.4. The molecule has 1 aromatic heterocycles. The lowest BCUT2D eigenvalue weighted by atomic mass is 10.1. The van der Waals surface area contributed by atoms with Crippen LogP contribution in [0.4, 0.5) is 20.7 Å². The lowest BCUT2D eigenvalue weighted by Gasteiger charge is -2.15. The third-order valence-electron chi connectivity index (χ3n) is 4.98. The number of aromatic nitrogens is 1. The smallest absolute Gasteiger partial charge is 0.441 e. The third kappa shape index (κ3) is 4.75. The molecule has 12 heteroatoms. The molecule has 0 bridgehead atoms. The fourth-order valence-electron chi connectivity index (χ4n) is 3.42. The number of cyclic esters (lactones) is 1. The monoisotopic (exact) mass is 451 g/mol. The molecule has 2 aromatic rings. The highest BCUT2D eigenvalue weighted by atomic mass is 31.2. The molecule has 3 heterocycles. The van der Waals surface area contributed by atoms with E-state index in [1.165, 1.54) is 9.80 Å². The van der Waals surface area contributed by atoms with Gasteiger partial charge in [0.05, 0.1) is 13.2 Å². The van der Waals surface area contributed by atoms with Crippen LogP contribution in [-0.4, -0.2) is 58.7 Å². The van der Waals surface area contributed by atoms with Crippen molar-refractivity contribution in [3.63, 3.8) is 0 Å². The van der Waals surface area contributed by atoms with Crippen LogP contribution in [0.15, 0.2) is 42.6 Å². The van der Waals surface area contributed by atoms with Crippen LogP contribution in [0.5, 0.6) is 0 Å². The zero-order valence-electron chi connectivity index (χ0n) is 16.1. The number of pyridine rings is 1. The minimum absolute atomic E-state index is 0.0911. The summed E-state index contributed by atoms with van der Waals surface area (Å²) in [6, 6.07) is 10.4. The normalized spacial score (nSPS) is 21.6. The maximum atomic E-state index is 13.4. The van der Waals surface area contributed by atoms with Gasteiger partial charge in [0.2, 0.25) is 0 Å². The van der Waals surface area contributed by atoms with Crippen molar-refractivity contribution >= 4 is 31.3 Å². The van der Waals surface area contributed by atoms with E-state index < -0.39 is 38.7 Å². The highest BCUT2D eigenvalue weighted by Gasteiger charge is 2.34. The van der Waals surface area contributed by atoms with Gasteiger partial charge in [0.25, 0.3) is 5.91 Å². The zero-order chi connectivity index (χ0) is 22.2. The van der Waals surface area contributed by atoms with Gasteiger partial charge < -0.3 is 14.5 Å². The quantitative estimate of drug-likeness (QED) is 0.640. The summed E-state index contributed by atoms with van der Waals surface area (Å²) < 4.78 is 33.7. The van der Waals surface area contributed by atoms with Gasteiger partial charge in [-0.3, -0.25) is 19.1 Å². The fraction of sp³-hybridized carbons (Fsp3) is 0.316. The molecule has 2 atom stereocenters. The second kappa shape index (κ2) is 8.35. The second-order valence-corrected chi connectivity index (χ2v) is 8.34. The topological polar surface area (TPSA) is 130 Å². The van der Waals surface area contributed by atoms with Gasteiger partial charge in [0.15, 0.2) is 6.17 Å². The van der Waals surface area contributed by atoms with Crippen molar-refractivity contribution in [2.24, 2.45) is 0 Å². The van der Waals surface area contributed by atoms with Crippen molar-refractivity contribution < 1.29 is 37.6 Å². The van der Waals surface area contributed by atoms with Crippen LogP contribution in [0, 0.1) is 0 Å². The number of phosphoric ester groups is 1. The van der Waals surface area contributed by atoms with E-state index in [2.05, 4.69) is 9.51 Å². The van der Waals surface area contributed by atoms with Crippen molar-refractivity contribution in [3.8, 4) is 11.1 Å². The van der Waals surface area contributed by atoms with Crippen molar-refractivity contribution in [2.75, 3.05) is 29.5 Å². The number of alkyl halides is 1. The molecule has 1 aromatic carbocycles. The number of ether oxygens (including phenoxy) is 1. The standard InChI is InChI=1S/C19H19FN3O7P/c20-16-7-8-22(18(16)24)17-6-3-13(9-21-17)12-1-4-14(5-2-12)23-10-15(30-19(23)25)11-29-31(26,27)28/h1-6,9,15-16H,7-8,10-11H2,(H2,26,27,28)/t15-,16?/m1/s1. The number of nitrogens with zero attached hydrogens (tertiary/aromatic N) is 3. The van der Waals surface area contributed by atoms with Gasteiger partial charge in [-0.25, -0.2) is 18.7 Å². The Balaban J connectivity index is 1.42. The van der Waals surface area contributed by atoms with E-state index in [1.807, 2.05) is 0 Å². The van der Waals surface area contributed by atoms with E-state index in [0.29, 0.717) is 18.1 Å². The Morgan fingerprint density at radius 2 is 1.84 bits per heavy atom. The summed E-state index contributed by atoms with van der Waals surface area (Å²) in [5.74, 6) is -0.180. The van der Waals surface area contributed by atoms with Gasteiger partial charge in [-0.1, -0.05) is 12.1 Å². The fourth-order valence-corrected chi connectivity index (χ4v) is 3.78. The first-order chi connectivity index (χ1) is 14.7. The Bertz CT molecular complexity index is 1030. The van der Waals surface area contributed by atoms with Gasteiger partial charge in [-0.2, -0.15) is 0 Å². The van der Waals surface area contributed by atoms with Gasteiger partial charge >= 0.3 is 13.9 Å². The lowest BCUT2D eigenvalue weighted by Crippen LogP contribution is -2.28. The van der Waals surface area contributed by atoms with E-state index in [-0.39, 0.29) is 13.0 Å². The first kappa shape index (κ1) is 21.4. The van der Waals surface area contributed by atoms with E-state index >= 15 is 0 Å². The molecule has 2 aliphatic heterocycles. The number of amides is 2. The highest BCUT2D eigenvalue weighted by Crippen LogP contribution is 2.36. The average molecular weight is 451 g/mol. The minimum Gasteiger partial charge on any atom is -0.441 e. The van der Waals surface area contributed by atoms with E-state index in [0.717, 1.165) is 11.1 Å². The molecule has 0 radical (unpaired) electrons. The Kier molecular flexibility index (Phi) is 5.76. The number of hydrogen-bond donors (Lipinski definition) is 2. The molecular formula is C19H19FN3O7P. The molecule has 2 amide bonds. The van der Waals surface area contributed by atoms with Crippen molar-refractivity contribution in [1.29, 1.82) is 0 Å². The molecule has 0 aliphatic carbocycles. The molecule has 2 aliphatic rings. The highest BCUT2D eigenvalue weighted by molar-refractivity contribution is 7.46. The molecule has 4 rings (SSSR count). The summed E-state index contributed by atoms with van der Waals surface area (Å²) in [7, 11) is -4.64. The third-order valence-corrected chi connectivity index (χ3v) is 5.46. The molecule has 31 heavy (non-hydrogen) atoms. The summed E-state index contributed by atoms with van der Waals surface area (Å²) in [5, 5.41) is 0. The summed E-state index contributed by atoms with van der Waals surface area (Å²) >= 11 is 0. The molecule has 2 N–H and O–H groups in total. The predicted molar refractivity (Wildman–Crippen MR) is 107 cm³/mol. The Morgan fingerprint density at radius 3 is 2.42 bits per heavy atom. The Labute approximate surface area is 176 Å². The summed E-state index contributed by atoms with van der Waals surface area (Å²) in [6.45, 7) is -0.0215. The van der Waals surface area contributed by atoms with E-state index in [9.17, 15) is 18.5 Å². The predicted octanol–water partition coefficient (Wildman–Crippen LogP) is 2.26. The van der Waals surface area contributed by atoms with Crippen LogP contribution in [0.3, 0.4) is 0 Å². The van der Waals surface area contributed by atoms with Crippen LogP contribution in [0.2, 0.25) is 0 Å². The first-order valence-corrected chi connectivity index (χ1v) is 10.9. The number of hydrogen-bond acceptors (Lipinski definition) is 6. The van der Waals surface area contributed by atoms with Gasteiger partial charge in [0.1, 0.15) is 11.9 Å². The lowest BCUT2D eigenvalue weighted by molar-refractivity contribution is -0.121. The van der Waals surface area contributed by atoms with Crippen molar-refractivity contribution in [2.45, 2.75) is 18.7 Å². The molecule has 2 fully saturated rings. The molecule has 164 valence electrons. The average Bonchev–Trinajstić information content (AvgIpc) is 3.28. The van der Waals surface area contributed by atoms with Crippen molar-refractivity contribution in [1.82, 2.24) is 4.98 Å². The number of halogens is 1. The summed E-state index contributed by atoms with van der Waals surface area (Å²) in [6.07, 6.45) is -1.17. The van der Waals surface area contributed by atoms with E-state index in [4.69, 9.17) is 14.5 Å². The van der Waals surface area contributed by atoms with Gasteiger partial charge in [-0.05, 0) is 29.8 Å². The molecule has 1 unspecified atom stereocenters. The zero-order valence-corrected chi connectivity index (χ0v) is 17.0. The number of rotatable bonds is 6. The minimum atomic E-state index is -4.64. The summed E-state index contributed by atoms with van der Waals surface area (Å²) in [5.41, 5.74) is 2.14. The SMILES string of the molecule is O=C1O[C@@H](COP(=O)(O)O)CN1c1ccc(-c2ccc(N3CCC(F)C3=O)nc2)cc1. The first-order valence-electron chi connectivity index (χ1n) is 9.41. The van der Waals surface area contributed by atoms with Crippen LogP contribution in [-0.2, 0) is 18.6 Å². The van der Waals surface area contributed by atoms with Crippen LogP contribution < -0.4 is 9.80 Å². The number of phosphoric acid groups is 1. The Morgan fingerprint density at radius 1 is 1.13 bits per heavy atom. The molecule has 0 saturated carbocycles. The number of anilines is 2. The van der Waals surface area contributed by atoms with Gasteiger partial charge in [-0.15, -0.1) is 0 Å². The van der Waals surface area contributed by atoms with E-state index in [1.54, 1.807) is 42.6 Å². The molecule has 0 spiro atoms. The largest absolute Gasteiger partial charge is 0.469 e. The molecule has 2 saturated heterocycles. The van der Waals surface area contributed by atoms with Gasteiger partial charge in [0, 0.05) is 30.4 Å². The molecule has 10 nitrogen and oxygen atoms in total. The maximum Gasteiger partial charge on any atom is 0.469 e. The Hall–Kier alpha value is -2.85. The molecular weight excluding hydrogens is 432 g/mol. The van der Waals surface area contributed by atoms with Crippen LogP contribution >= 0.6 is 7.82 Å². The number of benzene rings is 1.